The second-order valence-electron chi connectivity index (χ2n) is 8.68. The molecule has 1 heterocycles. The van der Waals surface area contributed by atoms with Crippen molar-refractivity contribution in [3.05, 3.63) is 99.0 Å². The SMILES string of the molecule is COCCN1C(=O)C(=O)/C(=C(\O)c2ccc(OC)c(Br)c2)C1c1ccc(OCc2ccc(C)cc2)cc1. The Morgan fingerprint density at radius 1 is 1.00 bits per heavy atom. The molecule has 3 aromatic rings. The fraction of sp³-hybridized carbons (Fsp3) is 0.241. The molecule has 192 valence electrons. The van der Waals surface area contributed by atoms with E-state index in [9.17, 15) is 14.7 Å². The number of aryl methyl sites for hydroxylation is 1. The van der Waals surface area contributed by atoms with Crippen molar-refractivity contribution in [1.29, 1.82) is 0 Å². The van der Waals surface area contributed by atoms with Gasteiger partial charge in [-0.3, -0.25) is 9.59 Å². The van der Waals surface area contributed by atoms with Crippen molar-refractivity contribution in [2.24, 2.45) is 0 Å². The van der Waals surface area contributed by atoms with Crippen LogP contribution >= 0.6 is 15.9 Å². The molecule has 1 aliphatic rings. The fourth-order valence-electron chi connectivity index (χ4n) is 4.21. The van der Waals surface area contributed by atoms with Gasteiger partial charge in [-0.05, 0) is 64.3 Å². The second kappa shape index (κ2) is 11.6. The van der Waals surface area contributed by atoms with Crippen molar-refractivity contribution in [3.8, 4) is 11.5 Å². The van der Waals surface area contributed by atoms with Gasteiger partial charge < -0.3 is 24.2 Å². The third-order valence-corrected chi connectivity index (χ3v) is 6.84. The van der Waals surface area contributed by atoms with Gasteiger partial charge >= 0.3 is 0 Å². The largest absolute Gasteiger partial charge is 0.507 e. The quantitative estimate of drug-likeness (QED) is 0.212. The van der Waals surface area contributed by atoms with E-state index >= 15 is 0 Å². The Morgan fingerprint density at radius 3 is 2.32 bits per heavy atom. The summed E-state index contributed by atoms with van der Waals surface area (Å²) in [6.07, 6.45) is 0. The number of ketones is 1. The van der Waals surface area contributed by atoms with E-state index in [4.69, 9.17) is 14.2 Å². The molecule has 37 heavy (non-hydrogen) atoms. The number of rotatable bonds is 9. The first-order chi connectivity index (χ1) is 17.8. The first-order valence-corrected chi connectivity index (χ1v) is 12.5. The van der Waals surface area contributed by atoms with Gasteiger partial charge in [-0.15, -0.1) is 0 Å². The van der Waals surface area contributed by atoms with Gasteiger partial charge in [0.15, 0.2) is 0 Å². The van der Waals surface area contributed by atoms with Crippen LogP contribution in [0.25, 0.3) is 5.76 Å². The maximum Gasteiger partial charge on any atom is 0.295 e. The normalized spacial score (nSPS) is 16.8. The molecule has 7 nitrogen and oxygen atoms in total. The zero-order valence-electron chi connectivity index (χ0n) is 20.9. The van der Waals surface area contributed by atoms with Crippen LogP contribution in [0.5, 0.6) is 11.5 Å². The lowest BCUT2D eigenvalue weighted by atomic mass is 9.95. The molecular formula is C29H28BrNO6. The van der Waals surface area contributed by atoms with Crippen molar-refractivity contribution in [1.82, 2.24) is 4.90 Å². The molecule has 1 fully saturated rings. The van der Waals surface area contributed by atoms with Crippen LogP contribution < -0.4 is 9.47 Å². The number of ether oxygens (including phenoxy) is 3. The number of likely N-dealkylation sites (tertiary alicyclic amines) is 1. The number of carbonyl (C=O) groups is 2. The van der Waals surface area contributed by atoms with Crippen LogP contribution in [0.4, 0.5) is 0 Å². The average Bonchev–Trinajstić information content (AvgIpc) is 3.16. The van der Waals surface area contributed by atoms with E-state index in [1.807, 2.05) is 31.2 Å². The van der Waals surface area contributed by atoms with E-state index in [0.29, 0.717) is 33.7 Å². The number of aliphatic hydroxyl groups is 1. The zero-order valence-corrected chi connectivity index (χ0v) is 22.4. The van der Waals surface area contributed by atoms with Gasteiger partial charge in [-0.25, -0.2) is 0 Å². The van der Waals surface area contributed by atoms with E-state index in [1.54, 1.807) is 42.5 Å². The van der Waals surface area contributed by atoms with E-state index in [2.05, 4.69) is 15.9 Å². The Labute approximate surface area is 224 Å². The molecule has 8 heteroatoms. The second-order valence-corrected chi connectivity index (χ2v) is 9.53. The van der Waals surface area contributed by atoms with Crippen LogP contribution in [0.1, 0.15) is 28.3 Å². The Balaban J connectivity index is 1.67. The van der Waals surface area contributed by atoms with Crippen molar-refractivity contribution in [3.63, 3.8) is 0 Å². The topological polar surface area (TPSA) is 85.3 Å². The Kier molecular flexibility index (Phi) is 8.31. The van der Waals surface area contributed by atoms with Gasteiger partial charge in [0.05, 0.1) is 29.8 Å². The molecule has 1 N–H and O–H groups in total. The summed E-state index contributed by atoms with van der Waals surface area (Å²) in [4.78, 5) is 27.5. The van der Waals surface area contributed by atoms with E-state index in [0.717, 1.165) is 5.56 Å². The fourth-order valence-corrected chi connectivity index (χ4v) is 4.75. The maximum atomic E-state index is 13.1. The third-order valence-electron chi connectivity index (χ3n) is 6.22. The number of halogens is 1. The highest BCUT2D eigenvalue weighted by atomic mass is 79.9. The average molecular weight is 566 g/mol. The van der Waals surface area contributed by atoms with E-state index in [-0.39, 0.29) is 24.5 Å². The summed E-state index contributed by atoms with van der Waals surface area (Å²) in [6, 6.07) is 19.5. The molecule has 1 saturated heterocycles. The molecule has 0 bridgehead atoms. The summed E-state index contributed by atoms with van der Waals surface area (Å²) in [5, 5.41) is 11.2. The van der Waals surface area contributed by atoms with Gasteiger partial charge in [-0.1, -0.05) is 42.0 Å². The highest BCUT2D eigenvalue weighted by Gasteiger charge is 2.45. The highest BCUT2D eigenvalue weighted by molar-refractivity contribution is 9.10. The standard InChI is InChI=1S/C29H28BrNO6/c1-18-4-6-19(7-5-18)17-37-22-11-8-20(9-12-22)26-25(28(33)29(34)31(26)14-15-35-2)27(32)21-10-13-24(36-3)23(30)16-21/h4-13,16,26,32H,14-15,17H2,1-3H3/b27-25-. The van der Waals surface area contributed by atoms with Crippen molar-refractivity contribution < 1.29 is 28.9 Å². The minimum Gasteiger partial charge on any atom is -0.507 e. The van der Waals surface area contributed by atoms with Crippen LogP contribution in [0.3, 0.4) is 0 Å². The minimum absolute atomic E-state index is 0.0199. The number of carbonyl (C=O) groups excluding carboxylic acids is 2. The molecular weight excluding hydrogens is 538 g/mol. The summed E-state index contributed by atoms with van der Waals surface area (Å²) >= 11 is 3.41. The summed E-state index contributed by atoms with van der Waals surface area (Å²) in [5.41, 5.74) is 3.31. The Bertz CT molecular complexity index is 1320. The van der Waals surface area contributed by atoms with Gasteiger partial charge in [0.25, 0.3) is 11.7 Å². The maximum absolute atomic E-state index is 13.1. The molecule has 3 aromatic carbocycles. The first kappa shape index (κ1) is 26.4. The summed E-state index contributed by atoms with van der Waals surface area (Å²) < 4.78 is 17.0. The number of amides is 1. The molecule has 1 unspecified atom stereocenters. The third kappa shape index (κ3) is 5.70. The van der Waals surface area contributed by atoms with Crippen LogP contribution in [-0.2, 0) is 20.9 Å². The van der Waals surface area contributed by atoms with Gasteiger partial charge in [0.1, 0.15) is 23.9 Å². The number of aliphatic hydroxyl groups excluding tert-OH is 1. The molecule has 0 aliphatic carbocycles. The monoisotopic (exact) mass is 565 g/mol. The predicted molar refractivity (Wildman–Crippen MR) is 144 cm³/mol. The van der Waals surface area contributed by atoms with Crippen molar-refractivity contribution in [2.75, 3.05) is 27.4 Å². The van der Waals surface area contributed by atoms with Gasteiger partial charge in [0.2, 0.25) is 0 Å². The lowest BCUT2D eigenvalue weighted by Crippen LogP contribution is -2.32. The lowest BCUT2D eigenvalue weighted by molar-refractivity contribution is -0.140. The van der Waals surface area contributed by atoms with Gasteiger partial charge in [-0.2, -0.15) is 0 Å². The molecule has 1 amide bonds. The zero-order chi connectivity index (χ0) is 26.5. The molecule has 0 radical (unpaired) electrons. The summed E-state index contributed by atoms with van der Waals surface area (Å²) in [5.74, 6) is -0.459. The molecule has 0 aromatic heterocycles. The number of benzene rings is 3. The number of nitrogens with zero attached hydrogens (tertiary/aromatic N) is 1. The van der Waals surface area contributed by atoms with E-state index in [1.165, 1.54) is 24.7 Å². The van der Waals surface area contributed by atoms with Crippen LogP contribution in [0.15, 0.2) is 76.8 Å². The summed E-state index contributed by atoms with van der Waals surface area (Å²) in [6.45, 7) is 2.89. The van der Waals surface area contributed by atoms with E-state index < -0.39 is 17.7 Å². The summed E-state index contributed by atoms with van der Waals surface area (Å²) in [7, 11) is 3.07. The van der Waals surface area contributed by atoms with Crippen LogP contribution in [0.2, 0.25) is 0 Å². The molecule has 0 saturated carbocycles. The number of hydrogen-bond acceptors (Lipinski definition) is 6. The minimum atomic E-state index is -0.776. The molecule has 1 atom stereocenters. The van der Waals surface area contributed by atoms with Crippen LogP contribution in [-0.4, -0.2) is 49.1 Å². The van der Waals surface area contributed by atoms with Gasteiger partial charge in [0, 0.05) is 19.2 Å². The molecule has 0 spiro atoms. The lowest BCUT2D eigenvalue weighted by Gasteiger charge is -2.25. The smallest absolute Gasteiger partial charge is 0.295 e. The predicted octanol–water partition coefficient (Wildman–Crippen LogP) is 5.41. The first-order valence-electron chi connectivity index (χ1n) is 11.7. The Hall–Kier alpha value is -3.62. The van der Waals surface area contributed by atoms with Crippen molar-refractivity contribution >= 4 is 33.4 Å². The number of methoxy groups -OCH3 is 2. The number of hydrogen-bond donors (Lipinski definition) is 1. The Morgan fingerprint density at radius 2 is 1.70 bits per heavy atom. The highest BCUT2D eigenvalue weighted by Crippen LogP contribution is 2.40. The molecule has 1 aliphatic heterocycles. The number of Topliss-reactive ketones (excluding diaryl/α,β-unsaturated/α-hetero) is 1. The van der Waals surface area contributed by atoms with Crippen molar-refractivity contribution in [2.45, 2.75) is 19.6 Å². The van der Waals surface area contributed by atoms with Crippen LogP contribution in [0, 0.1) is 6.92 Å². The molecule has 4 rings (SSSR count).